The first-order valence-corrected chi connectivity index (χ1v) is 12.5. The fraction of sp³-hybridized carbons (Fsp3) is 0.133. The lowest BCUT2D eigenvalue weighted by Crippen LogP contribution is -2.42. The summed E-state index contributed by atoms with van der Waals surface area (Å²) >= 11 is 12.8. The third-order valence-electron chi connectivity index (χ3n) is 6.09. The highest BCUT2D eigenvalue weighted by molar-refractivity contribution is 6.40. The van der Waals surface area contributed by atoms with Gasteiger partial charge in [0.2, 0.25) is 0 Å². The lowest BCUT2D eigenvalue weighted by atomic mass is 9.99. The number of amides is 1. The minimum atomic E-state index is -1.20. The molecule has 4 rings (SSSR count). The molecule has 4 aromatic carbocycles. The number of carbonyl (C=O) groups excluding carboxylic acids is 1. The van der Waals surface area contributed by atoms with Crippen LogP contribution in [0.5, 0.6) is 11.5 Å². The summed E-state index contributed by atoms with van der Waals surface area (Å²) in [5, 5.41) is 12.6. The van der Waals surface area contributed by atoms with E-state index in [9.17, 15) is 14.7 Å². The Hall–Kier alpha value is -4.00. The van der Waals surface area contributed by atoms with Gasteiger partial charge in [-0.1, -0.05) is 83.9 Å². The Labute approximate surface area is 230 Å². The van der Waals surface area contributed by atoms with Gasteiger partial charge < -0.3 is 19.9 Å². The van der Waals surface area contributed by atoms with Crippen LogP contribution in [0.3, 0.4) is 0 Å². The normalized spacial score (nSPS) is 11.5. The molecule has 194 valence electrons. The van der Waals surface area contributed by atoms with Crippen LogP contribution < -0.4 is 14.8 Å². The summed E-state index contributed by atoms with van der Waals surface area (Å²) in [5.74, 6) is -0.538. The molecule has 0 aromatic heterocycles. The van der Waals surface area contributed by atoms with E-state index in [0.717, 1.165) is 22.3 Å². The molecule has 0 aliphatic rings. The predicted molar refractivity (Wildman–Crippen MR) is 149 cm³/mol. The maximum Gasteiger partial charge on any atom is 0.326 e. The second-order valence-electron chi connectivity index (χ2n) is 8.48. The Morgan fingerprint density at radius 3 is 1.89 bits per heavy atom. The average molecular weight is 550 g/mol. The predicted octanol–water partition coefficient (Wildman–Crippen LogP) is 6.77. The Balaban J connectivity index is 1.53. The van der Waals surface area contributed by atoms with E-state index in [1.54, 1.807) is 38.5 Å². The van der Waals surface area contributed by atoms with Crippen molar-refractivity contribution in [3.63, 3.8) is 0 Å². The highest BCUT2D eigenvalue weighted by atomic mass is 35.5. The molecular formula is C30H25Cl2NO5. The zero-order valence-electron chi connectivity index (χ0n) is 20.7. The van der Waals surface area contributed by atoms with Crippen LogP contribution in [-0.2, 0) is 11.2 Å². The van der Waals surface area contributed by atoms with Crippen LogP contribution in [0, 0.1) is 0 Å². The van der Waals surface area contributed by atoms with Gasteiger partial charge in [0.1, 0.15) is 17.5 Å². The van der Waals surface area contributed by atoms with Crippen molar-refractivity contribution in [3.05, 3.63) is 106 Å². The molecule has 1 amide bonds. The summed E-state index contributed by atoms with van der Waals surface area (Å²) in [7, 11) is 3.17. The smallest absolute Gasteiger partial charge is 0.326 e. The Morgan fingerprint density at radius 2 is 1.37 bits per heavy atom. The number of halogens is 2. The second-order valence-corrected chi connectivity index (χ2v) is 9.30. The second kappa shape index (κ2) is 12.0. The van der Waals surface area contributed by atoms with Crippen molar-refractivity contribution in [2.75, 3.05) is 14.2 Å². The number of methoxy groups -OCH3 is 2. The fourth-order valence-corrected chi connectivity index (χ4v) is 4.86. The van der Waals surface area contributed by atoms with Gasteiger partial charge in [-0.15, -0.1) is 0 Å². The van der Waals surface area contributed by atoms with Crippen LogP contribution in [0.4, 0.5) is 0 Å². The first kappa shape index (κ1) is 27.0. The highest BCUT2D eigenvalue weighted by Crippen LogP contribution is 2.38. The monoisotopic (exact) mass is 549 g/mol. The van der Waals surface area contributed by atoms with Gasteiger partial charge >= 0.3 is 5.97 Å². The molecule has 0 bridgehead atoms. The van der Waals surface area contributed by atoms with Crippen LogP contribution in [0.2, 0.25) is 10.0 Å². The van der Waals surface area contributed by atoms with E-state index in [1.807, 2.05) is 60.7 Å². The maximum atomic E-state index is 13.0. The molecule has 0 aliphatic heterocycles. The molecule has 0 fully saturated rings. The van der Waals surface area contributed by atoms with Crippen LogP contribution in [-0.4, -0.2) is 37.2 Å². The topological polar surface area (TPSA) is 84.9 Å². The average Bonchev–Trinajstić information content (AvgIpc) is 2.92. The van der Waals surface area contributed by atoms with Crippen LogP contribution in [0.1, 0.15) is 15.9 Å². The van der Waals surface area contributed by atoms with Crippen molar-refractivity contribution in [1.29, 1.82) is 0 Å². The summed E-state index contributed by atoms with van der Waals surface area (Å²) in [6.07, 6.45) is 0.0573. The zero-order valence-corrected chi connectivity index (χ0v) is 22.2. The number of hydrogen-bond acceptors (Lipinski definition) is 4. The maximum absolute atomic E-state index is 13.0. The minimum absolute atomic E-state index is 0.0258. The van der Waals surface area contributed by atoms with Crippen LogP contribution in [0.15, 0.2) is 84.9 Å². The Morgan fingerprint density at radius 1 is 0.789 bits per heavy atom. The number of carboxylic acid groups (broad SMARTS) is 1. The summed E-state index contributed by atoms with van der Waals surface area (Å²) in [5.41, 5.74) is 4.01. The van der Waals surface area contributed by atoms with Gasteiger partial charge in [-0.25, -0.2) is 4.79 Å². The van der Waals surface area contributed by atoms with Gasteiger partial charge in [0.15, 0.2) is 0 Å². The van der Waals surface area contributed by atoms with Gasteiger partial charge in [-0.3, -0.25) is 4.79 Å². The molecular weight excluding hydrogens is 525 g/mol. The first-order valence-electron chi connectivity index (χ1n) is 11.7. The number of carbonyl (C=O) groups is 2. The largest absolute Gasteiger partial charge is 0.496 e. The van der Waals surface area contributed by atoms with E-state index in [2.05, 4.69) is 5.32 Å². The molecule has 2 N–H and O–H groups in total. The van der Waals surface area contributed by atoms with Gasteiger partial charge in [0.05, 0.1) is 35.4 Å². The number of hydrogen-bond donors (Lipinski definition) is 2. The van der Waals surface area contributed by atoms with Crippen molar-refractivity contribution < 1.29 is 24.2 Å². The third kappa shape index (κ3) is 5.93. The number of nitrogens with one attached hydrogen (secondary N) is 1. The number of aliphatic carboxylic acids is 1. The summed E-state index contributed by atoms with van der Waals surface area (Å²) in [6, 6.07) is 24.4. The van der Waals surface area contributed by atoms with Crippen molar-refractivity contribution in [3.8, 4) is 33.8 Å². The van der Waals surface area contributed by atoms with Gasteiger partial charge in [0, 0.05) is 6.42 Å². The van der Waals surface area contributed by atoms with Crippen LogP contribution in [0.25, 0.3) is 22.3 Å². The summed E-state index contributed by atoms with van der Waals surface area (Å²) in [4.78, 5) is 25.1. The fourth-order valence-electron chi connectivity index (χ4n) is 4.20. The summed E-state index contributed by atoms with van der Waals surface area (Å²) < 4.78 is 11.0. The Bertz CT molecular complexity index is 1410. The van der Waals surface area contributed by atoms with Crippen molar-refractivity contribution in [1.82, 2.24) is 5.32 Å². The van der Waals surface area contributed by atoms with Crippen molar-refractivity contribution >= 4 is 35.1 Å². The molecule has 38 heavy (non-hydrogen) atoms. The standard InChI is InChI=1S/C30H25Cl2NO5/c1-37-25-9-6-10-26(38-2)27(25)20-13-11-18(12-14-20)15-24(30(35)36)33-29(34)28-22(31)16-21(17-23(28)32)19-7-4-3-5-8-19/h3-14,16-17,24H,15H2,1-2H3,(H,33,34)(H,35,36)/t24-/m0/s1. The number of carboxylic acids is 1. The molecule has 1 atom stereocenters. The quantitative estimate of drug-likeness (QED) is 0.240. The lowest BCUT2D eigenvalue weighted by molar-refractivity contribution is -0.139. The molecule has 0 saturated heterocycles. The SMILES string of the molecule is COc1cccc(OC)c1-c1ccc(C[C@H](NC(=O)c2c(Cl)cc(-c3ccccc3)cc2Cl)C(=O)O)cc1. The van der Waals surface area contributed by atoms with Gasteiger partial charge in [0.25, 0.3) is 5.91 Å². The third-order valence-corrected chi connectivity index (χ3v) is 6.69. The van der Waals surface area contributed by atoms with E-state index < -0.39 is 17.9 Å². The summed E-state index contributed by atoms with van der Waals surface area (Å²) in [6.45, 7) is 0. The van der Waals surface area contributed by atoms with E-state index in [1.165, 1.54) is 0 Å². The molecule has 6 nitrogen and oxygen atoms in total. The Kier molecular flexibility index (Phi) is 8.56. The zero-order chi connectivity index (χ0) is 27.2. The number of benzene rings is 4. The molecule has 0 unspecified atom stereocenters. The minimum Gasteiger partial charge on any atom is -0.496 e. The van der Waals surface area contributed by atoms with E-state index >= 15 is 0 Å². The molecule has 0 heterocycles. The molecule has 4 aromatic rings. The van der Waals surface area contributed by atoms with Gasteiger partial charge in [-0.05, 0) is 46.5 Å². The molecule has 0 aliphatic carbocycles. The van der Waals surface area contributed by atoms with Crippen molar-refractivity contribution in [2.45, 2.75) is 12.5 Å². The van der Waals surface area contributed by atoms with E-state index in [4.69, 9.17) is 32.7 Å². The van der Waals surface area contributed by atoms with Gasteiger partial charge in [-0.2, -0.15) is 0 Å². The van der Waals surface area contributed by atoms with Crippen LogP contribution >= 0.6 is 23.2 Å². The number of ether oxygens (including phenoxy) is 2. The molecule has 8 heteroatoms. The molecule has 0 radical (unpaired) electrons. The first-order chi connectivity index (χ1) is 18.3. The molecule has 0 spiro atoms. The highest BCUT2D eigenvalue weighted by Gasteiger charge is 2.25. The lowest BCUT2D eigenvalue weighted by Gasteiger charge is -2.17. The van der Waals surface area contributed by atoms with E-state index in [0.29, 0.717) is 17.1 Å². The molecule has 0 saturated carbocycles. The van der Waals surface area contributed by atoms with Crippen molar-refractivity contribution in [2.24, 2.45) is 0 Å². The number of rotatable bonds is 9. The van der Waals surface area contributed by atoms with E-state index in [-0.39, 0.29) is 22.0 Å².